The van der Waals surface area contributed by atoms with Crippen LogP contribution in [-0.4, -0.2) is 13.1 Å². The van der Waals surface area contributed by atoms with E-state index in [0.717, 1.165) is 0 Å². The number of rotatable bonds is 8. The zero-order valence-electron chi connectivity index (χ0n) is 12.5. The maximum absolute atomic E-state index is 3.67. The molecule has 0 saturated heterocycles. The molecule has 0 aliphatic heterocycles. The number of nitrogens with one attached hydrogen (secondary N) is 1. The van der Waals surface area contributed by atoms with Gasteiger partial charge in [-0.1, -0.05) is 50.1 Å². The van der Waals surface area contributed by atoms with Crippen LogP contribution in [0.5, 0.6) is 0 Å². The molecule has 1 aromatic rings. The smallest absolute Gasteiger partial charge is 0.000780 e. The summed E-state index contributed by atoms with van der Waals surface area (Å²) < 4.78 is 0. The molecule has 0 aromatic heterocycles. The average Bonchev–Trinajstić information content (AvgIpc) is 2.89. The van der Waals surface area contributed by atoms with Gasteiger partial charge in [-0.15, -0.1) is 0 Å². The fourth-order valence-corrected chi connectivity index (χ4v) is 3.48. The summed E-state index contributed by atoms with van der Waals surface area (Å²) in [6.07, 6.45) is 11.0. The van der Waals surface area contributed by atoms with Crippen LogP contribution in [-0.2, 0) is 6.42 Å². The molecule has 1 nitrogen and oxygen atoms in total. The maximum atomic E-state index is 3.67. The molecule has 1 N–H and O–H groups in total. The molecule has 1 aromatic carbocycles. The fraction of sp³-hybridized carbons (Fsp3) is 0.667. The minimum Gasteiger partial charge on any atom is -0.316 e. The zero-order valence-corrected chi connectivity index (χ0v) is 12.5. The Morgan fingerprint density at radius 3 is 2.53 bits per heavy atom. The Bertz CT molecular complexity index is 338. The van der Waals surface area contributed by atoms with Gasteiger partial charge in [0.2, 0.25) is 0 Å². The summed E-state index contributed by atoms with van der Waals surface area (Å²) in [6, 6.07) is 10.9. The van der Waals surface area contributed by atoms with Crippen molar-refractivity contribution in [1.82, 2.24) is 5.32 Å². The normalized spacial score (nSPS) is 17.7. The standard InChI is InChI=1S/C18H29N/c1-2-15-19-16-18(12-6-7-13-18)14-8-11-17-9-4-3-5-10-17/h3-5,9-10,19H,2,6-8,11-16H2,1H3. The lowest BCUT2D eigenvalue weighted by Gasteiger charge is -2.29. The second-order valence-corrected chi connectivity index (χ2v) is 6.22. The van der Waals surface area contributed by atoms with Gasteiger partial charge in [0.25, 0.3) is 0 Å². The fourth-order valence-electron chi connectivity index (χ4n) is 3.48. The van der Waals surface area contributed by atoms with Gasteiger partial charge in [-0.2, -0.15) is 0 Å². The first-order chi connectivity index (χ1) is 9.35. The van der Waals surface area contributed by atoms with Crippen molar-refractivity contribution in [2.45, 2.75) is 58.3 Å². The quantitative estimate of drug-likeness (QED) is 0.674. The third-order valence-corrected chi connectivity index (χ3v) is 4.61. The van der Waals surface area contributed by atoms with Gasteiger partial charge in [0, 0.05) is 6.54 Å². The van der Waals surface area contributed by atoms with E-state index in [4.69, 9.17) is 0 Å². The molecule has 1 aliphatic carbocycles. The summed E-state index contributed by atoms with van der Waals surface area (Å²) in [5, 5.41) is 3.67. The van der Waals surface area contributed by atoms with Gasteiger partial charge in [0.05, 0.1) is 0 Å². The first kappa shape index (κ1) is 14.6. The molecule has 106 valence electrons. The molecule has 0 atom stereocenters. The van der Waals surface area contributed by atoms with E-state index < -0.39 is 0 Å². The topological polar surface area (TPSA) is 12.0 Å². The Morgan fingerprint density at radius 2 is 1.84 bits per heavy atom. The molecule has 0 spiro atoms. The SMILES string of the molecule is CCCNCC1(CCCc2ccccc2)CCCC1. The van der Waals surface area contributed by atoms with Crippen molar-refractivity contribution >= 4 is 0 Å². The Balaban J connectivity index is 1.77. The second-order valence-electron chi connectivity index (χ2n) is 6.22. The highest BCUT2D eigenvalue weighted by molar-refractivity contribution is 5.14. The van der Waals surface area contributed by atoms with Crippen molar-refractivity contribution < 1.29 is 0 Å². The van der Waals surface area contributed by atoms with Gasteiger partial charge >= 0.3 is 0 Å². The van der Waals surface area contributed by atoms with Gasteiger partial charge < -0.3 is 5.32 Å². The van der Waals surface area contributed by atoms with Crippen LogP contribution in [0.2, 0.25) is 0 Å². The second kappa shape index (κ2) is 7.69. The van der Waals surface area contributed by atoms with Crippen molar-refractivity contribution in [3.8, 4) is 0 Å². The monoisotopic (exact) mass is 259 g/mol. The molecule has 0 heterocycles. The highest BCUT2D eigenvalue weighted by Gasteiger charge is 2.32. The van der Waals surface area contributed by atoms with Gasteiger partial charge in [-0.25, -0.2) is 0 Å². The van der Waals surface area contributed by atoms with Crippen LogP contribution in [0.15, 0.2) is 30.3 Å². The Labute approximate surface area is 118 Å². The van der Waals surface area contributed by atoms with Crippen LogP contribution in [0.4, 0.5) is 0 Å². The minimum atomic E-state index is 0.615. The van der Waals surface area contributed by atoms with Crippen LogP contribution >= 0.6 is 0 Å². The molecule has 19 heavy (non-hydrogen) atoms. The van der Waals surface area contributed by atoms with E-state index in [9.17, 15) is 0 Å². The highest BCUT2D eigenvalue weighted by Crippen LogP contribution is 2.41. The van der Waals surface area contributed by atoms with Gasteiger partial charge in [0.1, 0.15) is 0 Å². The summed E-state index contributed by atoms with van der Waals surface area (Å²) in [4.78, 5) is 0. The first-order valence-electron chi connectivity index (χ1n) is 8.09. The van der Waals surface area contributed by atoms with Crippen molar-refractivity contribution in [3.05, 3.63) is 35.9 Å². The van der Waals surface area contributed by atoms with Gasteiger partial charge in [-0.05, 0) is 56.0 Å². The van der Waals surface area contributed by atoms with E-state index in [1.807, 2.05) is 0 Å². The van der Waals surface area contributed by atoms with Crippen LogP contribution < -0.4 is 5.32 Å². The minimum absolute atomic E-state index is 0.615. The average molecular weight is 259 g/mol. The largest absolute Gasteiger partial charge is 0.316 e. The molecule has 1 saturated carbocycles. The summed E-state index contributed by atoms with van der Waals surface area (Å²) in [5.74, 6) is 0. The first-order valence-corrected chi connectivity index (χ1v) is 8.09. The predicted octanol–water partition coefficient (Wildman–Crippen LogP) is 4.57. The Hall–Kier alpha value is -0.820. The molecular weight excluding hydrogens is 230 g/mol. The molecule has 1 heteroatoms. The zero-order chi connectivity index (χ0) is 13.4. The van der Waals surface area contributed by atoms with Crippen LogP contribution in [0.3, 0.4) is 0 Å². The third kappa shape index (κ3) is 4.65. The number of benzene rings is 1. The lowest BCUT2D eigenvalue weighted by atomic mass is 9.80. The van der Waals surface area contributed by atoms with E-state index in [2.05, 4.69) is 42.6 Å². The van der Waals surface area contributed by atoms with E-state index in [0.29, 0.717) is 5.41 Å². The molecule has 1 aliphatic rings. The molecule has 1 fully saturated rings. The summed E-state index contributed by atoms with van der Waals surface area (Å²) in [6.45, 7) is 4.68. The van der Waals surface area contributed by atoms with Crippen molar-refractivity contribution in [3.63, 3.8) is 0 Å². The van der Waals surface area contributed by atoms with E-state index in [1.165, 1.54) is 70.0 Å². The lowest BCUT2D eigenvalue weighted by Crippen LogP contribution is -2.32. The lowest BCUT2D eigenvalue weighted by molar-refractivity contribution is 0.251. The molecule has 0 amide bonds. The van der Waals surface area contributed by atoms with Crippen LogP contribution in [0.25, 0.3) is 0 Å². The van der Waals surface area contributed by atoms with Crippen molar-refractivity contribution in [2.75, 3.05) is 13.1 Å². The van der Waals surface area contributed by atoms with Crippen molar-refractivity contribution in [1.29, 1.82) is 0 Å². The summed E-state index contributed by atoms with van der Waals surface area (Å²) >= 11 is 0. The van der Waals surface area contributed by atoms with Crippen molar-refractivity contribution in [2.24, 2.45) is 5.41 Å². The summed E-state index contributed by atoms with van der Waals surface area (Å²) in [5.41, 5.74) is 2.11. The van der Waals surface area contributed by atoms with Gasteiger partial charge in [0.15, 0.2) is 0 Å². The Morgan fingerprint density at radius 1 is 1.11 bits per heavy atom. The molecule has 0 radical (unpaired) electrons. The molecule has 0 bridgehead atoms. The van der Waals surface area contributed by atoms with E-state index in [1.54, 1.807) is 0 Å². The number of aryl methyl sites for hydroxylation is 1. The van der Waals surface area contributed by atoms with Crippen LogP contribution in [0.1, 0.15) is 57.4 Å². The summed E-state index contributed by atoms with van der Waals surface area (Å²) in [7, 11) is 0. The third-order valence-electron chi connectivity index (χ3n) is 4.61. The molecule has 0 unspecified atom stereocenters. The van der Waals surface area contributed by atoms with Gasteiger partial charge in [-0.3, -0.25) is 0 Å². The molecular formula is C18H29N. The maximum Gasteiger partial charge on any atom is 0.000780 e. The number of hydrogen-bond donors (Lipinski definition) is 1. The van der Waals surface area contributed by atoms with E-state index in [-0.39, 0.29) is 0 Å². The number of hydrogen-bond acceptors (Lipinski definition) is 1. The molecule has 2 rings (SSSR count). The Kier molecular flexibility index (Phi) is 5.91. The predicted molar refractivity (Wildman–Crippen MR) is 83.4 cm³/mol. The van der Waals surface area contributed by atoms with E-state index >= 15 is 0 Å². The highest BCUT2D eigenvalue weighted by atomic mass is 14.9. The van der Waals surface area contributed by atoms with Crippen LogP contribution in [0, 0.1) is 5.41 Å².